The predicted octanol–water partition coefficient (Wildman–Crippen LogP) is 3.81. The molecule has 0 amide bonds. The van der Waals surface area contributed by atoms with Crippen molar-refractivity contribution in [2.24, 2.45) is 0 Å². The standard InChI is InChI=1S/C11H14Cl/c1-3-4-7-10-9(2)6-5-8-11(10)12/h3,5-6,8H,4,7H2,1-2H3. The second-order valence-corrected chi connectivity index (χ2v) is 3.39. The molecule has 0 aliphatic rings. The van der Waals surface area contributed by atoms with Crippen molar-refractivity contribution in [3.05, 3.63) is 40.8 Å². The number of hydrogen-bond donors (Lipinski definition) is 0. The fourth-order valence-electron chi connectivity index (χ4n) is 1.27. The molecule has 1 radical (unpaired) electrons. The maximum absolute atomic E-state index is 6.05. The molecular weight excluding hydrogens is 168 g/mol. The van der Waals surface area contributed by atoms with Crippen molar-refractivity contribution < 1.29 is 0 Å². The van der Waals surface area contributed by atoms with Crippen LogP contribution in [0.1, 0.15) is 24.5 Å². The first-order chi connectivity index (χ1) is 5.75. The first-order valence-electron chi connectivity index (χ1n) is 4.27. The summed E-state index contributed by atoms with van der Waals surface area (Å²) in [6.45, 7) is 4.18. The first kappa shape index (κ1) is 9.60. The lowest BCUT2D eigenvalue weighted by Crippen LogP contribution is -1.90. The molecule has 0 aliphatic carbocycles. The van der Waals surface area contributed by atoms with Crippen LogP contribution in [0, 0.1) is 13.3 Å². The summed E-state index contributed by atoms with van der Waals surface area (Å²) in [6.07, 6.45) is 4.33. The van der Waals surface area contributed by atoms with Crippen LogP contribution in [0.5, 0.6) is 0 Å². The van der Waals surface area contributed by atoms with Crippen LogP contribution in [0.3, 0.4) is 0 Å². The van der Waals surface area contributed by atoms with Crippen molar-refractivity contribution in [3.63, 3.8) is 0 Å². The molecule has 0 nitrogen and oxygen atoms in total. The van der Waals surface area contributed by atoms with Gasteiger partial charge in [0.2, 0.25) is 0 Å². The molecule has 12 heavy (non-hydrogen) atoms. The van der Waals surface area contributed by atoms with E-state index < -0.39 is 0 Å². The van der Waals surface area contributed by atoms with Crippen molar-refractivity contribution >= 4 is 11.6 Å². The monoisotopic (exact) mass is 181 g/mol. The van der Waals surface area contributed by atoms with E-state index in [2.05, 4.69) is 26.3 Å². The Morgan fingerprint density at radius 3 is 2.75 bits per heavy atom. The van der Waals surface area contributed by atoms with Crippen molar-refractivity contribution in [1.29, 1.82) is 0 Å². The molecule has 1 aromatic rings. The Morgan fingerprint density at radius 1 is 1.42 bits per heavy atom. The minimum Gasteiger partial charge on any atom is -0.0840 e. The zero-order valence-corrected chi connectivity index (χ0v) is 8.36. The molecule has 0 saturated carbocycles. The number of benzene rings is 1. The van der Waals surface area contributed by atoms with Gasteiger partial charge in [-0.05, 0) is 43.4 Å². The van der Waals surface area contributed by atoms with Gasteiger partial charge in [-0.3, -0.25) is 0 Å². The molecule has 0 N–H and O–H groups in total. The minimum atomic E-state index is 0.900. The molecule has 0 fully saturated rings. The van der Waals surface area contributed by atoms with E-state index >= 15 is 0 Å². The number of unbranched alkanes of at least 4 members (excludes halogenated alkanes) is 1. The highest BCUT2D eigenvalue weighted by atomic mass is 35.5. The first-order valence-corrected chi connectivity index (χ1v) is 4.65. The van der Waals surface area contributed by atoms with E-state index in [0.29, 0.717) is 0 Å². The molecule has 1 rings (SSSR count). The third-order valence-corrected chi connectivity index (χ3v) is 2.39. The summed E-state index contributed by atoms with van der Waals surface area (Å²) in [6, 6.07) is 6.06. The molecular formula is C11H14Cl. The highest BCUT2D eigenvalue weighted by molar-refractivity contribution is 6.31. The normalized spacial score (nSPS) is 10.2. The van der Waals surface area contributed by atoms with Crippen molar-refractivity contribution in [2.75, 3.05) is 0 Å². The van der Waals surface area contributed by atoms with E-state index in [1.165, 1.54) is 11.1 Å². The summed E-state index contributed by atoms with van der Waals surface area (Å²) in [5, 5.41) is 0.900. The van der Waals surface area contributed by atoms with Crippen molar-refractivity contribution in [2.45, 2.75) is 26.7 Å². The highest BCUT2D eigenvalue weighted by Crippen LogP contribution is 2.21. The van der Waals surface area contributed by atoms with Crippen LogP contribution in [0.4, 0.5) is 0 Å². The molecule has 0 bridgehead atoms. The minimum absolute atomic E-state index is 0.900. The topological polar surface area (TPSA) is 0 Å². The van der Waals surface area contributed by atoms with Gasteiger partial charge in [-0.25, -0.2) is 0 Å². The lowest BCUT2D eigenvalue weighted by molar-refractivity contribution is 0.927. The van der Waals surface area contributed by atoms with Gasteiger partial charge in [-0.2, -0.15) is 0 Å². The van der Waals surface area contributed by atoms with Crippen molar-refractivity contribution in [3.8, 4) is 0 Å². The fraction of sp³-hybridized carbons (Fsp3) is 0.364. The smallest absolute Gasteiger partial charge is 0.0440 e. The predicted molar refractivity (Wildman–Crippen MR) is 54.5 cm³/mol. The maximum atomic E-state index is 6.05. The van der Waals surface area contributed by atoms with Gasteiger partial charge in [0.15, 0.2) is 0 Å². The van der Waals surface area contributed by atoms with Gasteiger partial charge in [0, 0.05) is 5.02 Å². The molecule has 0 unspecified atom stereocenters. The van der Waals surface area contributed by atoms with E-state index in [1.807, 2.05) is 12.1 Å². The molecule has 65 valence electrons. The summed E-state index contributed by atoms with van der Waals surface area (Å²) < 4.78 is 0. The largest absolute Gasteiger partial charge is 0.0840 e. The second-order valence-electron chi connectivity index (χ2n) is 2.98. The Kier molecular flexibility index (Phi) is 3.61. The van der Waals surface area contributed by atoms with E-state index in [1.54, 1.807) is 0 Å². The average molecular weight is 182 g/mol. The lowest BCUT2D eigenvalue weighted by atomic mass is 10.0. The van der Waals surface area contributed by atoms with Crippen LogP contribution in [0.25, 0.3) is 0 Å². The Balaban J connectivity index is 2.81. The molecule has 0 atom stereocenters. The van der Waals surface area contributed by atoms with E-state index in [9.17, 15) is 0 Å². The van der Waals surface area contributed by atoms with Crippen LogP contribution in [0.15, 0.2) is 18.2 Å². The lowest BCUT2D eigenvalue weighted by Gasteiger charge is -2.06. The summed E-state index contributed by atoms with van der Waals surface area (Å²) in [4.78, 5) is 0. The zero-order chi connectivity index (χ0) is 8.97. The molecule has 0 aromatic heterocycles. The Bertz CT molecular complexity index is 233. The van der Waals surface area contributed by atoms with Gasteiger partial charge in [0.05, 0.1) is 0 Å². The maximum Gasteiger partial charge on any atom is 0.0440 e. The summed E-state index contributed by atoms with van der Waals surface area (Å²) in [5.74, 6) is 0. The average Bonchev–Trinajstić information content (AvgIpc) is 2.04. The van der Waals surface area contributed by atoms with Gasteiger partial charge >= 0.3 is 0 Å². The summed E-state index contributed by atoms with van der Waals surface area (Å²) >= 11 is 6.05. The van der Waals surface area contributed by atoms with Gasteiger partial charge in [-0.1, -0.05) is 30.7 Å². The molecule has 0 spiro atoms. The molecule has 1 heteroatoms. The van der Waals surface area contributed by atoms with Gasteiger partial charge in [0.25, 0.3) is 0 Å². The van der Waals surface area contributed by atoms with Gasteiger partial charge in [0.1, 0.15) is 0 Å². The van der Waals surface area contributed by atoms with Crippen LogP contribution < -0.4 is 0 Å². The SMILES string of the molecule is C[CH]CCc1c(C)cccc1Cl. The molecule has 1 aromatic carbocycles. The van der Waals surface area contributed by atoms with E-state index in [-0.39, 0.29) is 0 Å². The Labute approximate surface area is 79.6 Å². The van der Waals surface area contributed by atoms with Crippen LogP contribution in [-0.2, 0) is 6.42 Å². The van der Waals surface area contributed by atoms with E-state index in [0.717, 1.165) is 17.9 Å². The molecule has 0 heterocycles. The van der Waals surface area contributed by atoms with Gasteiger partial charge < -0.3 is 0 Å². The van der Waals surface area contributed by atoms with Crippen LogP contribution in [-0.4, -0.2) is 0 Å². The highest BCUT2D eigenvalue weighted by Gasteiger charge is 2.01. The quantitative estimate of drug-likeness (QED) is 0.666. The van der Waals surface area contributed by atoms with E-state index in [4.69, 9.17) is 11.6 Å². The van der Waals surface area contributed by atoms with Crippen molar-refractivity contribution in [1.82, 2.24) is 0 Å². The molecule has 0 saturated heterocycles. The fourth-order valence-corrected chi connectivity index (χ4v) is 1.59. The number of aryl methyl sites for hydroxylation is 1. The van der Waals surface area contributed by atoms with Gasteiger partial charge in [-0.15, -0.1) is 0 Å². The number of hydrogen-bond acceptors (Lipinski definition) is 0. The Hall–Kier alpha value is -0.490. The van der Waals surface area contributed by atoms with Crippen LogP contribution in [0.2, 0.25) is 5.02 Å². The summed E-state index contributed by atoms with van der Waals surface area (Å²) in [7, 11) is 0. The number of halogens is 1. The molecule has 0 aliphatic heterocycles. The Morgan fingerprint density at radius 2 is 2.17 bits per heavy atom. The van der Waals surface area contributed by atoms with Crippen LogP contribution >= 0.6 is 11.6 Å². The third-order valence-electron chi connectivity index (χ3n) is 2.04. The third kappa shape index (κ3) is 2.25. The summed E-state index contributed by atoms with van der Waals surface area (Å²) in [5.41, 5.74) is 2.58. The second kappa shape index (κ2) is 4.51. The zero-order valence-electron chi connectivity index (χ0n) is 7.60. The number of rotatable bonds is 3.